The van der Waals surface area contributed by atoms with Gasteiger partial charge in [-0.2, -0.15) is 0 Å². The van der Waals surface area contributed by atoms with Crippen LogP contribution in [0.4, 0.5) is 0 Å². The van der Waals surface area contributed by atoms with E-state index in [9.17, 15) is 9.59 Å². The minimum atomic E-state index is -1.29. The Morgan fingerprint density at radius 1 is 1.50 bits per heavy atom. The molecular formula is C10H14N2O4. The molecule has 0 radical (unpaired) electrons. The fourth-order valence-electron chi connectivity index (χ4n) is 1.05. The summed E-state index contributed by atoms with van der Waals surface area (Å²) in [6.45, 7) is 4.57. The van der Waals surface area contributed by atoms with Gasteiger partial charge in [-0.25, -0.2) is 4.79 Å². The summed E-state index contributed by atoms with van der Waals surface area (Å²) in [4.78, 5) is 24.0. The largest absolute Gasteiger partial charge is 0.480 e. The monoisotopic (exact) mass is 226 g/mol. The van der Waals surface area contributed by atoms with Gasteiger partial charge in [-0.1, -0.05) is 5.16 Å². The van der Waals surface area contributed by atoms with Crippen LogP contribution in [-0.4, -0.2) is 39.6 Å². The Bertz CT molecular complexity index is 422. The molecule has 0 spiro atoms. The molecule has 6 heteroatoms. The van der Waals surface area contributed by atoms with Crippen LogP contribution in [0.15, 0.2) is 10.8 Å². The lowest BCUT2D eigenvalue weighted by Gasteiger charge is -2.30. The Hall–Kier alpha value is -1.85. The molecular weight excluding hydrogens is 212 g/mol. The molecule has 0 atom stereocenters. The van der Waals surface area contributed by atoms with Crippen LogP contribution in [-0.2, 0) is 4.79 Å². The van der Waals surface area contributed by atoms with Gasteiger partial charge in [0.15, 0.2) is 5.69 Å². The maximum absolute atomic E-state index is 11.9. The zero-order valence-corrected chi connectivity index (χ0v) is 9.64. The van der Waals surface area contributed by atoms with Crippen LogP contribution in [0.3, 0.4) is 0 Å². The molecule has 0 fully saturated rings. The van der Waals surface area contributed by atoms with Gasteiger partial charge < -0.3 is 14.5 Å². The van der Waals surface area contributed by atoms with E-state index in [1.54, 1.807) is 6.92 Å². The lowest BCUT2D eigenvalue weighted by atomic mass is 10.0. The molecule has 1 amide bonds. The van der Waals surface area contributed by atoms with Gasteiger partial charge in [0.2, 0.25) is 0 Å². The molecule has 88 valence electrons. The summed E-state index contributed by atoms with van der Waals surface area (Å²) in [6, 6.07) is 0. The van der Waals surface area contributed by atoms with Crippen LogP contribution in [0, 0.1) is 6.92 Å². The quantitative estimate of drug-likeness (QED) is 0.828. The van der Waals surface area contributed by atoms with Gasteiger partial charge >= 0.3 is 5.97 Å². The molecule has 0 bridgehead atoms. The molecule has 16 heavy (non-hydrogen) atoms. The average Bonchev–Trinajstić information content (AvgIpc) is 2.61. The third-order valence-corrected chi connectivity index (χ3v) is 2.62. The summed E-state index contributed by atoms with van der Waals surface area (Å²) in [5.74, 6) is -1.55. The third kappa shape index (κ3) is 1.91. The first-order valence-electron chi connectivity index (χ1n) is 4.71. The second kappa shape index (κ2) is 3.96. The van der Waals surface area contributed by atoms with Crippen LogP contribution in [0.1, 0.15) is 29.9 Å². The number of carbonyl (C=O) groups excluding carboxylic acids is 1. The zero-order valence-electron chi connectivity index (χ0n) is 9.64. The zero-order chi connectivity index (χ0) is 12.5. The Kier molecular flexibility index (Phi) is 3.02. The number of rotatable bonds is 3. The number of nitrogens with zero attached hydrogens (tertiary/aromatic N) is 2. The van der Waals surface area contributed by atoms with Crippen LogP contribution < -0.4 is 0 Å². The van der Waals surface area contributed by atoms with Crippen molar-refractivity contribution in [1.29, 1.82) is 0 Å². The summed E-state index contributed by atoms with van der Waals surface area (Å²) < 4.78 is 4.64. The fourth-order valence-corrected chi connectivity index (χ4v) is 1.05. The van der Waals surface area contributed by atoms with Gasteiger partial charge in [-0.05, 0) is 20.8 Å². The molecule has 1 N–H and O–H groups in total. The summed E-state index contributed by atoms with van der Waals surface area (Å²) in [7, 11) is 1.42. The van der Waals surface area contributed by atoms with Gasteiger partial charge in [0.05, 0.1) is 0 Å². The molecule has 0 aliphatic heterocycles. The highest BCUT2D eigenvalue weighted by Crippen LogP contribution is 2.17. The van der Waals surface area contributed by atoms with Gasteiger partial charge in [-0.3, -0.25) is 4.79 Å². The molecule has 0 aliphatic carbocycles. The number of hydrogen-bond donors (Lipinski definition) is 1. The number of carboxylic acids is 1. The number of carbonyl (C=O) groups is 2. The number of amides is 1. The van der Waals surface area contributed by atoms with Crippen molar-refractivity contribution in [2.75, 3.05) is 7.05 Å². The SMILES string of the molecule is Cc1conc1C(=O)N(C)C(C)(C)C(=O)O. The Morgan fingerprint density at radius 3 is 2.44 bits per heavy atom. The van der Waals surface area contributed by atoms with E-state index in [1.807, 2.05) is 0 Å². The van der Waals surface area contributed by atoms with Crippen molar-refractivity contribution in [3.8, 4) is 0 Å². The molecule has 1 aromatic rings. The molecule has 0 aliphatic rings. The molecule has 1 aromatic heterocycles. The molecule has 1 rings (SSSR count). The van der Waals surface area contributed by atoms with Crippen molar-refractivity contribution in [3.05, 3.63) is 17.5 Å². The van der Waals surface area contributed by atoms with Gasteiger partial charge in [0.1, 0.15) is 11.8 Å². The van der Waals surface area contributed by atoms with Crippen molar-refractivity contribution in [2.45, 2.75) is 26.3 Å². The Labute approximate surface area is 92.8 Å². The molecule has 0 unspecified atom stereocenters. The number of likely N-dealkylation sites (N-methyl/N-ethyl adjacent to an activating group) is 1. The molecule has 6 nitrogen and oxygen atoms in total. The second-order valence-electron chi connectivity index (χ2n) is 4.07. The maximum atomic E-state index is 11.9. The van der Waals surface area contributed by atoms with E-state index in [2.05, 4.69) is 9.68 Å². The molecule has 0 saturated carbocycles. The highest BCUT2D eigenvalue weighted by atomic mass is 16.5. The molecule has 0 saturated heterocycles. The van der Waals surface area contributed by atoms with E-state index in [0.29, 0.717) is 5.56 Å². The first kappa shape index (κ1) is 12.2. The van der Waals surface area contributed by atoms with E-state index in [0.717, 1.165) is 4.90 Å². The van der Waals surface area contributed by atoms with Crippen molar-refractivity contribution in [1.82, 2.24) is 10.1 Å². The normalized spacial score (nSPS) is 11.2. The highest BCUT2D eigenvalue weighted by molar-refractivity contribution is 5.96. The Balaban J connectivity index is 3.00. The minimum absolute atomic E-state index is 0.136. The highest BCUT2D eigenvalue weighted by Gasteiger charge is 2.36. The minimum Gasteiger partial charge on any atom is -0.480 e. The number of hydrogen-bond acceptors (Lipinski definition) is 4. The topological polar surface area (TPSA) is 83.6 Å². The number of aromatic nitrogens is 1. The number of aryl methyl sites for hydroxylation is 1. The standard InChI is InChI=1S/C10H14N2O4/c1-6-5-16-11-7(6)8(13)12(4)10(2,3)9(14)15/h5H,1-4H3,(H,14,15). The van der Waals surface area contributed by atoms with Crippen molar-refractivity contribution < 1.29 is 19.2 Å². The predicted octanol–water partition coefficient (Wildman–Crippen LogP) is 0.918. The average molecular weight is 226 g/mol. The summed E-state index contributed by atoms with van der Waals surface area (Å²) >= 11 is 0. The van der Waals surface area contributed by atoms with E-state index < -0.39 is 17.4 Å². The number of aliphatic carboxylic acids is 1. The fraction of sp³-hybridized carbons (Fsp3) is 0.500. The van der Waals surface area contributed by atoms with E-state index in [1.165, 1.54) is 27.2 Å². The maximum Gasteiger partial charge on any atom is 0.329 e. The molecule has 1 heterocycles. The van der Waals surface area contributed by atoms with Crippen LogP contribution in [0.25, 0.3) is 0 Å². The van der Waals surface area contributed by atoms with Gasteiger partial charge in [0.25, 0.3) is 5.91 Å². The Morgan fingerprint density at radius 2 is 2.06 bits per heavy atom. The first-order chi connectivity index (χ1) is 7.28. The summed E-state index contributed by atoms with van der Waals surface area (Å²) in [5, 5.41) is 12.5. The molecule has 0 aromatic carbocycles. The number of carboxylic acid groups (broad SMARTS) is 1. The lowest BCUT2D eigenvalue weighted by molar-refractivity contribution is -0.147. The van der Waals surface area contributed by atoms with E-state index in [-0.39, 0.29) is 5.69 Å². The third-order valence-electron chi connectivity index (χ3n) is 2.62. The predicted molar refractivity (Wildman–Crippen MR) is 55.0 cm³/mol. The summed E-state index contributed by atoms with van der Waals surface area (Å²) in [5.41, 5.74) is -0.572. The second-order valence-corrected chi connectivity index (χ2v) is 4.07. The van der Waals surface area contributed by atoms with Crippen molar-refractivity contribution >= 4 is 11.9 Å². The van der Waals surface area contributed by atoms with E-state index in [4.69, 9.17) is 5.11 Å². The summed E-state index contributed by atoms with van der Waals surface area (Å²) in [6.07, 6.45) is 1.34. The smallest absolute Gasteiger partial charge is 0.329 e. The van der Waals surface area contributed by atoms with Crippen LogP contribution >= 0.6 is 0 Å². The van der Waals surface area contributed by atoms with Gasteiger partial charge in [0, 0.05) is 12.6 Å². The van der Waals surface area contributed by atoms with Crippen LogP contribution in [0.2, 0.25) is 0 Å². The van der Waals surface area contributed by atoms with Crippen LogP contribution in [0.5, 0.6) is 0 Å². The lowest BCUT2D eigenvalue weighted by Crippen LogP contribution is -2.51. The van der Waals surface area contributed by atoms with E-state index >= 15 is 0 Å². The van der Waals surface area contributed by atoms with Gasteiger partial charge in [-0.15, -0.1) is 0 Å². The van der Waals surface area contributed by atoms with Crippen molar-refractivity contribution in [3.63, 3.8) is 0 Å². The first-order valence-corrected chi connectivity index (χ1v) is 4.71. The van der Waals surface area contributed by atoms with Crippen molar-refractivity contribution in [2.24, 2.45) is 0 Å².